The molecule has 0 radical (unpaired) electrons. The van der Waals surface area contributed by atoms with Crippen LogP contribution in [0.25, 0.3) is 0 Å². The van der Waals surface area contributed by atoms with Crippen LogP contribution >= 0.6 is 0 Å². The van der Waals surface area contributed by atoms with Gasteiger partial charge in [-0.2, -0.15) is 14.0 Å². The van der Waals surface area contributed by atoms with Gasteiger partial charge in [0.25, 0.3) is 0 Å². The minimum Gasteiger partial charge on any atom is -0.480 e. The van der Waals surface area contributed by atoms with Gasteiger partial charge in [-0.05, 0) is 12.1 Å². The van der Waals surface area contributed by atoms with Gasteiger partial charge in [-0.15, -0.1) is 0 Å². The zero-order valence-electron chi connectivity index (χ0n) is 8.00. The molecule has 7 nitrogen and oxygen atoms in total. The lowest BCUT2D eigenvalue weighted by Crippen LogP contribution is -2.58. The molecule has 1 rings (SSSR count). The van der Waals surface area contributed by atoms with Crippen molar-refractivity contribution in [1.82, 2.24) is 0 Å². The molecule has 1 aromatic carbocycles. The summed E-state index contributed by atoms with van der Waals surface area (Å²) in [6.45, 7) is -0.0377. The van der Waals surface area contributed by atoms with Crippen molar-refractivity contribution in [2.24, 2.45) is 0 Å². The van der Waals surface area contributed by atoms with E-state index >= 15 is 0 Å². The number of nitrogens with one attached hydrogen (secondary N) is 1. The molecule has 0 amide bonds. The second-order valence-corrected chi connectivity index (χ2v) is 3.30. The molecule has 90 valence electrons. The van der Waals surface area contributed by atoms with Crippen molar-refractivity contribution in [2.45, 2.75) is 0 Å². The lowest BCUT2D eigenvalue weighted by molar-refractivity contribution is -1.92. The van der Waals surface area contributed by atoms with Gasteiger partial charge < -0.3 is 10.4 Å². The lowest BCUT2D eigenvalue weighted by atomic mass is 10.3. The van der Waals surface area contributed by atoms with Crippen molar-refractivity contribution in [3.8, 4) is 0 Å². The molecule has 0 aliphatic carbocycles. The van der Waals surface area contributed by atoms with Crippen molar-refractivity contribution in [3.63, 3.8) is 0 Å². The van der Waals surface area contributed by atoms with Crippen molar-refractivity contribution in [2.75, 3.05) is 11.9 Å². The molecule has 0 heterocycles. The number of carboxylic acids is 1. The second kappa shape index (κ2) is 6.99. The van der Waals surface area contributed by atoms with Gasteiger partial charge in [-0.1, -0.05) is 18.2 Å². The zero-order valence-corrected chi connectivity index (χ0v) is 8.76. The average molecular weight is 252 g/mol. The molecule has 0 spiro atoms. The van der Waals surface area contributed by atoms with E-state index in [0.29, 0.717) is 0 Å². The normalized spacial score (nSPS) is 10.0. The number of rotatable bonds is 3. The summed E-state index contributed by atoms with van der Waals surface area (Å²) < 4.78 is 32.7. The highest BCUT2D eigenvalue weighted by molar-refractivity contribution is 5.72. The van der Waals surface area contributed by atoms with Crippen LogP contribution in [0.1, 0.15) is 0 Å². The molecule has 0 unspecified atom stereocenters. The summed E-state index contributed by atoms with van der Waals surface area (Å²) in [5, 5.41) is 11.1. The molecule has 3 N–H and O–H groups in total. The number of anilines is 1. The zero-order chi connectivity index (χ0) is 12.6. The minimum absolute atomic E-state index is 0.0377. The number of hydrogen-bond acceptors (Lipinski definition) is 6. The first-order chi connectivity index (χ1) is 7.29. The van der Waals surface area contributed by atoms with E-state index in [1.54, 1.807) is 0 Å². The number of hydrogen-bond donors (Lipinski definition) is 3. The lowest BCUT2D eigenvalue weighted by Gasteiger charge is -2.03. The summed E-state index contributed by atoms with van der Waals surface area (Å²) >= 11 is 0. The van der Waals surface area contributed by atoms with E-state index in [9.17, 15) is 4.79 Å². The summed E-state index contributed by atoms with van der Waals surface area (Å²) in [4.78, 5) is 10.1. The van der Waals surface area contributed by atoms with E-state index in [1.807, 2.05) is 30.3 Å². The fourth-order valence-electron chi connectivity index (χ4n) is 0.734. The van der Waals surface area contributed by atoms with Gasteiger partial charge in [0.15, 0.2) is 0 Å². The Bertz CT molecular complexity index is 306. The first-order valence-electron chi connectivity index (χ1n) is 3.93. The highest BCUT2D eigenvalue weighted by Gasteiger charge is 1.98. The molecule has 1 aromatic rings. The van der Waals surface area contributed by atoms with E-state index in [1.165, 1.54) is 0 Å². The fraction of sp³-hybridized carbons (Fsp3) is 0.125. The fourth-order valence-corrected chi connectivity index (χ4v) is 0.734. The highest BCUT2D eigenvalue weighted by atomic mass is 35.7. The Morgan fingerprint density at radius 3 is 2.06 bits per heavy atom. The monoisotopic (exact) mass is 251 g/mol. The number of aliphatic carboxylic acids is 1. The van der Waals surface area contributed by atoms with Crippen molar-refractivity contribution < 1.29 is 38.8 Å². The van der Waals surface area contributed by atoms with Crippen LogP contribution < -0.4 is 19.3 Å². The molecule has 0 atom stereocenters. The molecule has 0 saturated carbocycles. The van der Waals surface area contributed by atoms with E-state index in [4.69, 9.17) is 23.7 Å². The van der Waals surface area contributed by atoms with Gasteiger partial charge in [0.1, 0.15) is 6.54 Å². The van der Waals surface area contributed by atoms with Crippen molar-refractivity contribution in [3.05, 3.63) is 30.3 Å². The number of para-hydroxylation sites is 1. The Hall–Kier alpha value is -1.38. The number of carbonyl (C=O) groups is 1. The van der Waals surface area contributed by atoms with Crippen LogP contribution in [0.4, 0.5) is 5.69 Å². The maximum Gasteiger partial charge on any atom is 0.322 e. The first kappa shape index (κ1) is 14.6. The van der Waals surface area contributed by atoms with Crippen LogP contribution in [0.5, 0.6) is 0 Å². The molecule has 0 fully saturated rings. The van der Waals surface area contributed by atoms with Crippen LogP contribution in [0, 0.1) is 10.2 Å². The Morgan fingerprint density at radius 1 is 1.25 bits per heavy atom. The Kier molecular flexibility index (Phi) is 6.38. The summed E-state index contributed by atoms with van der Waals surface area (Å²) in [5.41, 5.74) is 0.829. The van der Waals surface area contributed by atoms with Crippen LogP contribution in [-0.4, -0.2) is 22.3 Å². The molecule has 8 heteroatoms. The maximum atomic E-state index is 10.1. The van der Waals surface area contributed by atoms with Crippen LogP contribution in [0.15, 0.2) is 30.3 Å². The minimum atomic E-state index is -4.69. The molecule has 0 aliphatic heterocycles. The van der Waals surface area contributed by atoms with Gasteiger partial charge in [-0.25, -0.2) is 0 Å². The average Bonchev–Trinajstić information content (AvgIpc) is 2.14. The van der Waals surface area contributed by atoms with Crippen LogP contribution in [0.2, 0.25) is 0 Å². The van der Waals surface area contributed by atoms with E-state index in [0.717, 1.165) is 5.69 Å². The number of benzene rings is 1. The van der Waals surface area contributed by atoms with E-state index in [2.05, 4.69) is 5.32 Å². The molecular weight excluding hydrogens is 242 g/mol. The SMILES string of the molecule is O=C(O)CNc1ccccc1.[O-][Cl+3]([O-])([O-])O. The molecule has 0 saturated heterocycles. The summed E-state index contributed by atoms with van der Waals surface area (Å²) in [7, 11) is -4.69. The molecular formula is C8H10ClNO6. The Labute approximate surface area is 93.3 Å². The third-order valence-corrected chi connectivity index (χ3v) is 1.22. The summed E-state index contributed by atoms with van der Waals surface area (Å²) in [6.07, 6.45) is 0. The standard InChI is InChI=1S/C8H9NO2.ClHO4/c10-8(11)6-9-7-4-2-1-3-5-7;2-1(3,4)5/h1-5,9H,6H2,(H,10,11);(H,2,3,4,5). The van der Waals surface area contributed by atoms with Gasteiger partial charge in [0, 0.05) is 5.69 Å². The Balaban J connectivity index is 0.000000385. The molecule has 0 bridgehead atoms. The van der Waals surface area contributed by atoms with Gasteiger partial charge >= 0.3 is 5.97 Å². The topological polar surface area (TPSA) is 139 Å². The molecule has 16 heavy (non-hydrogen) atoms. The molecule has 0 aliphatic rings. The van der Waals surface area contributed by atoms with Gasteiger partial charge in [0.05, 0.1) is 14.9 Å². The van der Waals surface area contributed by atoms with Gasteiger partial charge in [-0.3, -0.25) is 4.79 Å². The van der Waals surface area contributed by atoms with E-state index < -0.39 is 16.2 Å². The van der Waals surface area contributed by atoms with E-state index in [-0.39, 0.29) is 6.54 Å². The predicted molar refractivity (Wildman–Crippen MR) is 44.8 cm³/mol. The van der Waals surface area contributed by atoms with Crippen molar-refractivity contribution >= 4 is 11.7 Å². The van der Waals surface area contributed by atoms with Crippen molar-refractivity contribution in [1.29, 1.82) is 0 Å². The largest absolute Gasteiger partial charge is 0.480 e. The highest BCUT2D eigenvalue weighted by Crippen LogP contribution is 2.03. The third-order valence-electron chi connectivity index (χ3n) is 1.22. The molecule has 0 aromatic heterocycles. The summed E-state index contributed by atoms with van der Waals surface area (Å²) in [6, 6.07) is 9.23. The maximum absolute atomic E-state index is 10.1. The third kappa shape index (κ3) is 12.6. The summed E-state index contributed by atoms with van der Waals surface area (Å²) in [5.74, 6) is -0.853. The predicted octanol–water partition coefficient (Wildman–Crippen LogP) is -2.94. The van der Waals surface area contributed by atoms with Crippen LogP contribution in [-0.2, 0) is 4.79 Å². The number of halogens is 1. The Morgan fingerprint density at radius 2 is 1.69 bits per heavy atom. The number of carboxylic acid groups (broad SMARTS) is 1. The smallest absolute Gasteiger partial charge is 0.322 e. The quantitative estimate of drug-likeness (QED) is 0.522. The van der Waals surface area contributed by atoms with Crippen LogP contribution in [0.3, 0.4) is 0 Å². The van der Waals surface area contributed by atoms with Gasteiger partial charge in [0.2, 0.25) is 0 Å². The second-order valence-electron chi connectivity index (χ2n) is 2.51. The first-order valence-corrected chi connectivity index (χ1v) is 5.19.